The smallest absolute Gasteiger partial charge is 0.278 e. The summed E-state index contributed by atoms with van der Waals surface area (Å²) < 4.78 is 1.50. The second kappa shape index (κ2) is 5.84. The van der Waals surface area contributed by atoms with Crippen LogP contribution in [0.25, 0.3) is 5.82 Å². The Labute approximate surface area is 139 Å². The summed E-state index contributed by atoms with van der Waals surface area (Å²) in [6, 6.07) is 9.58. The summed E-state index contributed by atoms with van der Waals surface area (Å²) >= 11 is 0. The van der Waals surface area contributed by atoms with Crippen molar-refractivity contribution in [3.05, 3.63) is 59.8 Å². The van der Waals surface area contributed by atoms with Crippen LogP contribution < -0.4 is 4.90 Å². The highest BCUT2D eigenvalue weighted by molar-refractivity contribution is 6.05. The number of anilines is 1. The molecule has 0 N–H and O–H groups in total. The fourth-order valence-corrected chi connectivity index (χ4v) is 2.96. The molecule has 7 nitrogen and oxygen atoms in total. The molecule has 1 aliphatic heterocycles. The van der Waals surface area contributed by atoms with Gasteiger partial charge in [-0.25, -0.2) is 9.67 Å². The van der Waals surface area contributed by atoms with Crippen LogP contribution in [0.4, 0.5) is 5.69 Å². The second-order valence-corrected chi connectivity index (χ2v) is 5.81. The molecule has 24 heavy (non-hydrogen) atoms. The fraction of sp³-hybridized carbons (Fsp3) is 0.235. The number of hydrogen-bond acceptors (Lipinski definition) is 5. The van der Waals surface area contributed by atoms with E-state index in [0.29, 0.717) is 18.1 Å². The van der Waals surface area contributed by atoms with Crippen molar-refractivity contribution in [2.75, 3.05) is 11.4 Å². The molecular formula is C17H16N6O. The molecule has 4 rings (SSSR count). The molecule has 120 valence electrons. The summed E-state index contributed by atoms with van der Waals surface area (Å²) in [4.78, 5) is 18.5. The molecular weight excluding hydrogens is 304 g/mol. The maximum absolute atomic E-state index is 12.8. The Morgan fingerprint density at radius 2 is 2.08 bits per heavy atom. The van der Waals surface area contributed by atoms with Gasteiger partial charge in [0.2, 0.25) is 0 Å². The lowest BCUT2D eigenvalue weighted by Crippen LogP contribution is -2.36. The first kappa shape index (κ1) is 14.5. The van der Waals surface area contributed by atoms with Gasteiger partial charge >= 0.3 is 0 Å². The van der Waals surface area contributed by atoms with Gasteiger partial charge in [0, 0.05) is 12.2 Å². The van der Waals surface area contributed by atoms with Crippen molar-refractivity contribution >= 4 is 11.6 Å². The molecule has 0 saturated heterocycles. The van der Waals surface area contributed by atoms with Gasteiger partial charge in [0.05, 0.1) is 0 Å². The largest absolute Gasteiger partial charge is 0.307 e. The van der Waals surface area contributed by atoms with Gasteiger partial charge in [0.1, 0.15) is 12.7 Å². The highest BCUT2D eigenvalue weighted by Crippen LogP contribution is 2.29. The van der Waals surface area contributed by atoms with Gasteiger partial charge in [-0.1, -0.05) is 17.7 Å². The molecule has 0 fully saturated rings. The fourth-order valence-electron chi connectivity index (χ4n) is 2.96. The SMILES string of the molecule is Cc1ccc2c(c1)CCCN2C(=O)c1ccc(-n2cncn2)nn1. The van der Waals surface area contributed by atoms with Gasteiger partial charge in [-0.15, -0.1) is 10.2 Å². The molecule has 0 bridgehead atoms. The topological polar surface area (TPSA) is 76.8 Å². The number of amides is 1. The number of nitrogens with zero attached hydrogens (tertiary/aromatic N) is 6. The number of benzene rings is 1. The van der Waals surface area contributed by atoms with Crippen molar-refractivity contribution < 1.29 is 4.79 Å². The number of aromatic nitrogens is 5. The van der Waals surface area contributed by atoms with E-state index in [0.717, 1.165) is 18.5 Å². The van der Waals surface area contributed by atoms with Gasteiger partial charge in [-0.2, -0.15) is 5.10 Å². The molecule has 3 heterocycles. The first-order chi connectivity index (χ1) is 11.7. The standard InChI is InChI=1S/C17H16N6O/c1-12-4-6-15-13(9-12)3-2-8-22(15)17(24)14-5-7-16(21-20-14)23-11-18-10-19-23/h4-7,9-11H,2-3,8H2,1H3. The van der Waals surface area contributed by atoms with Crippen LogP contribution in [0.15, 0.2) is 43.0 Å². The van der Waals surface area contributed by atoms with Crippen molar-refractivity contribution in [1.29, 1.82) is 0 Å². The van der Waals surface area contributed by atoms with E-state index in [2.05, 4.69) is 33.3 Å². The first-order valence-corrected chi connectivity index (χ1v) is 7.82. The monoisotopic (exact) mass is 320 g/mol. The summed E-state index contributed by atoms with van der Waals surface area (Å²) in [5.41, 5.74) is 3.72. The minimum Gasteiger partial charge on any atom is -0.307 e. The van der Waals surface area contributed by atoms with Crippen molar-refractivity contribution in [1.82, 2.24) is 25.0 Å². The van der Waals surface area contributed by atoms with Gasteiger partial charge in [-0.3, -0.25) is 4.79 Å². The van der Waals surface area contributed by atoms with Crippen molar-refractivity contribution in [2.45, 2.75) is 19.8 Å². The Morgan fingerprint density at radius 1 is 1.17 bits per heavy atom. The molecule has 0 unspecified atom stereocenters. The average molecular weight is 320 g/mol. The summed E-state index contributed by atoms with van der Waals surface area (Å²) in [5.74, 6) is 0.399. The van der Waals surface area contributed by atoms with Crippen LogP contribution >= 0.6 is 0 Å². The molecule has 1 aromatic carbocycles. The normalized spacial score (nSPS) is 13.6. The van der Waals surface area contributed by atoms with E-state index in [9.17, 15) is 4.79 Å². The summed E-state index contributed by atoms with van der Waals surface area (Å²) in [5, 5.41) is 12.1. The van der Waals surface area contributed by atoms with E-state index < -0.39 is 0 Å². The van der Waals surface area contributed by atoms with E-state index in [1.807, 2.05) is 12.1 Å². The highest BCUT2D eigenvalue weighted by Gasteiger charge is 2.24. The van der Waals surface area contributed by atoms with E-state index in [1.54, 1.807) is 17.0 Å². The number of aryl methyl sites for hydroxylation is 2. The van der Waals surface area contributed by atoms with Crippen LogP contribution in [-0.4, -0.2) is 37.4 Å². The number of carbonyl (C=O) groups is 1. The predicted molar refractivity (Wildman–Crippen MR) is 88.1 cm³/mol. The Kier molecular flexibility index (Phi) is 3.53. The number of fused-ring (bicyclic) bond motifs is 1. The lowest BCUT2D eigenvalue weighted by Gasteiger charge is -2.29. The van der Waals surface area contributed by atoms with Crippen LogP contribution in [0.3, 0.4) is 0 Å². The third kappa shape index (κ3) is 2.54. The third-order valence-electron chi connectivity index (χ3n) is 4.12. The molecule has 2 aromatic heterocycles. The van der Waals surface area contributed by atoms with Crippen molar-refractivity contribution in [3.63, 3.8) is 0 Å². The molecule has 7 heteroatoms. The Bertz CT molecular complexity index is 873. The van der Waals surface area contributed by atoms with Gasteiger partial charge in [-0.05, 0) is 43.5 Å². The highest BCUT2D eigenvalue weighted by atomic mass is 16.2. The zero-order valence-electron chi connectivity index (χ0n) is 13.3. The molecule has 3 aromatic rings. The molecule has 0 radical (unpaired) electrons. The van der Waals surface area contributed by atoms with Gasteiger partial charge in [0.15, 0.2) is 11.5 Å². The molecule has 0 atom stereocenters. The van der Waals surface area contributed by atoms with Crippen molar-refractivity contribution in [3.8, 4) is 5.82 Å². The Hall–Kier alpha value is -3.09. The molecule has 0 aliphatic carbocycles. The number of rotatable bonds is 2. The summed E-state index contributed by atoms with van der Waals surface area (Å²) in [6.07, 6.45) is 4.91. The molecule has 0 spiro atoms. The van der Waals surface area contributed by atoms with Crippen LogP contribution in [0.1, 0.15) is 28.0 Å². The van der Waals surface area contributed by atoms with E-state index in [4.69, 9.17) is 0 Å². The van der Waals surface area contributed by atoms with Crippen molar-refractivity contribution in [2.24, 2.45) is 0 Å². The van der Waals surface area contributed by atoms with Crippen LogP contribution in [0.5, 0.6) is 0 Å². The van der Waals surface area contributed by atoms with E-state index >= 15 is 0 Å². The van der Waals surface area contributed by atoms with Gasteiger partial charge < -0.3 is 4.90 Å². The predicted octanol–water partition coefficient (Wildman–Crippen LogP) is 1.96. The second-order valence-electron chi connectivity index (χ2n) is 5.81. The Balaban J connectivity index is 1.63. The maximum Gasteiger partial charge on any atom is 0.278 e. The van der Waals surface area contributed by atoms with Gasteiger partial charge in [0.25, 0.3) is 5.91 Å². The molecule has 0 saturated carbocycles. The summed E-state index contributed by atoms with van der Waals surface area (Å²) in [7, 11) is 0. The van der Waals surface area contributed by atoms with E-state index in [1.165, 1.54) is 28.5 Å². The summed E-state index contributed by atoms with van der Waals surface area (Å²) in [6.45, 7) is 2.76. The van der Waals surface area contributed by atoms with Crippen LogP contribution in [-0.2, 0) is 6.42 Å². The minimum atomic E-state index is -0.127. The van der Waals surface area contributed by atoms with E-state index in [-0.39, 0.29) is 5.91 Å². The lowest BCUT2D eigenvalue weighted by atomic mass is 9.99. The molecule has 1 amide bonds. The average Bonchev–Trinajstić information content (AvgIpc) is 3.15. The third-order valence-corrected chi connectivity index (χ3v) is 4.12. The number of carbonyl (C=O) groups excluding carboxylic acids is 1. The maximum atomic E-state index is 12.8. The molecule has 1 aliphatic rings. The first-order valence-electron chi connectivity index (χ1n) is 7.82. The van der Waals surface area contributed by atoms with Crippen LogP contribution in [0.2, 0.25) is 0 Å². The lowest BCUT2D eigenvalue weighted by molar-refractivity contribution is 0.0979. The zero-order chi connectivity index (χ0) is 16.5. The Morgan fingerprint density at radius 3 is 2.83 bits per heavy atom. The quantitative estimate of drug-likeness (QED) is 0.721. The zero-order valence-corrected chi connectivity index (χ0v) is 13.3. The minimum absolute atomic E-state index is 0.127. The van der Waals surface area contributed by atoms with Crippen LogP contribution in [0, 0.1) is 6.92 Å². The number of hydrogen-bond donors (Lipinski definition) is 0.